The Morgan fingerprint density at radius 1 is 1.45 bits per heavy atom. The number of aromatic nitrogens is 3. The number of nitrogens with one attached hydrogen (secondary N) is 1. The third-order valence-corrected chi connectivity index (χ3v) is 3.40. The molecule has 6 nitrogen and oxygen atoms in total. The van der Waals surface area contributed by atoms with Crippen LogP contribution < -0.4 is 11.1 Å². The van der Waals surface area contributed by atoms with E-state index in [0.29, 0.717) is 17.9 Å². The molecule has 2 heterocycles. The molecule has 0 fully saturated rings. The highest BCUT2D eigenvalue weighted by Gasteiger charge is 2.11. The number of aryl methyl sites for hydroxylation is 2. The summed E-state index contributed by atoms with van der Waals surface area (Å²) < 4.78 is 1.88. The predicted octanol–water partition coefficient (Wildman–Crippen LogP) is 1.19. The van der Waals surface area contributed by atoms with Gasteiger partial charge in [-0.1, -0.05) is 0 Å². The van der Waals surface area contributed by atoms with Crippen LogP contribution in [0.5, 0.6) is 0 Å². The van der Waals surface area contributed by atoms with Crippen molar-refractivity contribution >= 4 is 11.7 Å². The smallest absolute Gasteiger partial charge is 0.252 e. The van der Waals surface area contributed by atoms with E-state index in [1.165, 1.54) is 5.56 Å². The molecule has 0 unspecified atom stereocenters. The van der Waals surface area contributed by atoms with Crippen LogP contribution in [0.4, 0.5) is 5.82 Å². The second kappa shape index (κ2) is 5.73. The molecule has 0 aliphatic rings. The van der Waals surface area contributed by atoms with E-state index in [1.54, 1.807) is 18.3 Å². The molecule has 0 atom stereocenters. The Balaban J connectivity index is 2.05. The Hall–Kier alpha value is -2.37. The summed E-state index contributed by atoms with van der Waals surface area (Å²) >= 11 is 0. The summed E-state index contributed by atoms with van der Waals surface area (Å²) in [6.45, 7) is 4.72. The van der Waals surface area contributed by atoms with E-state index in [9.17, 15) is 4.79 Å². The lowest BCUT2D eigenvalue weighted by atomic mass is 10.1. The highest BCUT2D eigenvalue weighted by molar-refractivity contribution is 5.97. The zero-order valence-corrected chi connectivity index (χ0v) is 12.0. The molecule has 0 radical (unpaired) electrons. The van der Waals surface area contributed by atoms with Crippen LogP contribution in [0.1, 0.15) is 27.3 Å². The van der Waals surface area contributed by atoms with Gasteiger partial charge in [0.25, 0.3) is 5.91 Å². The Kier molecular flexibility index (Phi) is 4.02. The largest absolute Gasteiger partial charge is 0.369 e. The lowest BCUT2D eigenvalue weighted by Gasteiger charge is -2.08. The molecule has 0 aromatic carbocycles. The molecule has 3 N–H and O–H groups in total. The average Bonchev–Trinajstić information content (AvgIpc) is 2.65. The normalized spacial score (nSPS) is 10.6. The fourth-order valence-corrected chi connectivity index (χ4v) is 2.23. The summed E-state index contributed by atoms with van der Waals surface area (Å²) in [5.41, 5.74) is 9.13. The van der Waals surface area contributed by atoms with Crippen LogP contribution in [0.15, 0.2) is 18.3 Å². The monoisotopic (exact) mass is 273 g/mol. The summed E-state index contributed by atoms with van der Waals surface area (Å²) in [4.78, 5) is 15.4. The maximum Gasteiger partial charge on any atom is 0.252 e. The lowest BCUT2D eigenvalue weighted by Crippen LogP contribution is -2.16. The van der Waals surface area contributed by atoms with Crippen molar-refractivity contribution in [3.05, 3.63) is 40.8 Å². The first kappa shape index (κ1) is 14.0. The van der Waals surface area contributed by atoms with Gasteiger partial charge in [0, 0.05) is 25.5 Å². The molecule has 2 aromatic rings. The van der Waals surface area contributed by atoms with E-state index < -0.39 is 5.91 Å². The topological polar surface area (TPSA) is 85.8 Å². The summed E-state index contributed by atoms with van der Waals surface area (Å²) in [6, 6.07) is 3.36. The number of carbonyl (C=O) groups is 1. The van der Waals surface area contributed by atoms with Gasteiger partial charge in [-0.25, -0.2) is 4.98 Å². The third kappa shape index (κ3) is 2.79. The molecule has 0 spiro atoms. The van der Waals surface area contributed by atoms with Gasteiger partial charge in [0.2, 0.25) is 0 Å². The number of rotatable bonds is 5. The van der Waals surface area contributed by atoms with Gasteiger partial charge in [-0.05, 0) is 38.0 Å². The Morgan fingerprint density at radius 2 is 2.20 bits per heavy atom. The van der Waals surface area contributed by atoms with Crippen LogP contribution >= 0.6 is 0 Å². The molecule has 0 bridgehead atoms. The van der Waals surface area contributed by atoms with Crippen molar-refractivity contribution in [1.82, 2.24) is 14.8 Å². The van der Waals surface area contributed by atoms with Crippen LogP contribution in [-0.2, 0) is 13.5 Å². The van der Waals surface area contributed by atoms with Crippen LogP contribution in [-0.4, -0.2) is 27.2 Å². The number of amides is 1. The minimum Gasteiger partial charge on any atom is -0.369 e. The molecule has 0 aliphatic heterocycles. The van der Waals surface area contributed by atoms with E-state index in [4.69, 9.17) is 5.73 Å². The molecule has 0 saturated heterocycles. The zero-order chi connectivity index (χ0) is 14.7. The molecule has 20 heavy (non-hydrogen) atoms. The van der Waals surface area contributed by atoms with Crippen molar-refractivity contribution in [2.75, 3.05) is 11.9 Å². The number of nitrogens with zero attached hydrogens (tertiary/aromatic N) is 3. The number of hydrogen-bond acceptors (Lipinski definition) is 4. The molecule has 0 aliphatic carbocycles. The molecule has 106 valence electrons. The molecule has 6 heteroatoms. The van der Waals surface area contributed by atoms with E-state index >= 15 is 0 Å². The van der Waals surface area contributed by atoms with E-state index in [1.807, 2.05) is 25.6 Å². The van der Waals surface area contributed by atoms with Crippen LogP contribution in [0.2, 0.25) is 0 Å². The van der Waals surface area contributed by atoms with Crippen molar-refractivity contribution in [3.63, 3.8) is 0 Å². The van der Waals surface area contributed by atoms with Crippen LogP contribution in [0, 0.1) is 13.8 Å². The highest BCUT2D eigenvalue weighted by atomic mass is 16.1. The molecule has 2 aromatic heterocycles. The van der Waals surface area contributed by atoms with E-state index in [2.05, 4.69) is 15.4 Å². The van der Waals surface area contributed by atoms with Gasteiger partial charge in [-0.15, -0.1) is 0 Å². The first-order valence-corrected chi connectivity index (χ1v) is 6.48. The van der Waals surface area contributed by atoms with Gasteiger partial charge in [0.15, 0.2) is 0 Å². The van der Waals surface area contributed by atoms with Crippen LogP contribution in [0.3, 0.4) is 0 Å². The van der Waals surface area contributed by atoms with Gasteiger partial charge < -0.3 is 11.1 Å². The SMILES string of the molecule is Cc1nn(C)c(C)c1CCNc1ncccc1C(N)=O. The third-order valence-electron chi connectivity index (χ3n) is 3.40. The molecular weight excluding hydrogens is 254 g/mol. The second-order valence-corrected chi connectivity index (χ2v) is 4.71. The maximum absolute atomic E-state index is 11.3. The standard InChI is InChI=1S/C14H19N5O/c1-9-11(10(2)19(3)18-9)6-8-17-14-12(13(15)20)5-4-7-16-14/h4-5,7H,6,8H2,1-3H3,(H2,15,20)(H,16,17). The van der Waals surface area contributed by atoms with Gasteiger partial charge in [0.1, 0.15) is 5.82 Å². The fraction of sp³-hybridized carbons (Fsp3) is 0.357. The number of carbonyl (C=O) groups excluding carboxylic acids is 1. The Bertz CT molecular complexity index is 632. The second-order valence-electron chi connectivity index (χ2n) is 4.71. The fourth-order valence-electron chi connectivity index (χ4n) is 2.23. The van der Waals surface area contributed by atoms with Crippen molar-refractivity contribution in [3.8, 4) is 0 Å². The molecule has 0 saturated carbocycles. The van der Waals surface area contributed by atoms with Crippen molar-refractivity contribution in [2.24, 2.45) is 12.8 Å². The summed E-state index contributed by atoms with van der Waals surface area (Å²) in [5.74, 6) is 0.0496. The summed E-state index contributed by atoms with van der Waals surface area (Å²) in [6.07, 6.45) is 2.45. The van der Waals surface area contributed by atoms with Crippen molar-refractivity contribution in [1.29, 1.82) is 0 Å². The van der Waals surface area contributed by atoms with Gasteiger partial charge in [0.05, 0.1) is 11.3 Å². The van der Waals surface area contributed by atoms with Crippen molar-refractivity contribution in [2.45, 2.75) is 20.3 Å². The summed E-state index contributed by atoms with van der Waals surface area (Å²) in [5, 5.41) is 7.54. The first-order chi connectivity index (χ1) is 9.50. The van der Waals surface area contributed by atoms with E-state index in [-0.39, 0.29) is 0 Å². The number of hydrogen-bond donors (Lipinski definition) is 2. The van der Waals surface area contributed by atoms with Crippen molar-refractivity contribution < 1.29 is 4.79 Å². The minimum atomic E-state index is -0.477. The molecule has 1 amide bonds. The summed E-state index contributed by atoms with van der Waals surface area (Å²) in [7, 11) is 1.93. The number of nitrogens with two attached hydrogens (primary N) is 1. The minimum absolute atomic E-state index is 0.409. The Morgan fingerprint density at radius 3 is 2.80 bits per heavy atom. The van der Waals surface area contributed by atoms with Crippen LogP contribution in [0.25, 0.3) is 0 Å². The number of pyridine rings is 1. The van der Waals surface area contributed by atoms with Gasteiger partial charge >= 0.3 is 0 Å². The highest BCUT2D eigenvalue weighted by Crippen LogP contribution is 2.14. The van der Waals surface area contributed by atoms with Gasteiger partial charge in [-0.3, -0.25) is 9.48 Å². The van der Waals surface area contributed by atoms with E-state index in [0.717, 1.165) is 17.8 Å². The number of anilines is 1. The average molecular weight is 273 g/mol. The molecule has 2 rings (SSSR count). The maximum atomic E-state index is 11.3. The quantitative estimate of drug-likeness (QED) is 0.856. The van der Waals surface area contributed by atoms with Gasteiger partial charge in [-0.2, -0.15) is 5.10 Å². The number of primary amides is 1. The Labute approximate surface area is 118 Å². The zero-order valence-electron chi connectivity index (χ0n) is 12.0. The first-order valence-electron chi connectivity index (χ1n) is 6.48. The predicted molar refractivity (Wildman–Crippen MR) is 77.6 cm³/mol. The molecular formula is C14H19N5O. The lowest BCUT2D eigenvalue weighted by molar-refractivity contribution is 0.100.